The Morgan fingerprint density at radius 3 is 2.45 bits per heavy atom. The van der Waals surface area contributed by atoms with Crippen LogP contribution in [0.1, 0.15) is 30.0 Å². The van der Waals surface area contributed by atoms with Gasteiger partial charge in [0.1, 0.15) is 0 Å². The quantitative estimate of drug-likeness (QED) is 0.493. The van der Waals surface area contributed by atoms with E-state index in [0.717, 1.165) is 24.2 Å². The smallest absolute Gasteiger partial charge is 0.180 e. The number of rotatable bonds is 6. The lowest BCUT2D eigenvalue weighted by molar-refractivity contribution is 0.922. The monoisotopic (exact) mass is 311 g/mol. The molecule has 4 heteroatoms. The van der Waals surface area contributed by atoms with Crippen molar-refractivity contribution in [2.75, 3.05) is 0 Å². The highest BCUT2D eigenvalue weighted by molar-refractivity contribution is 8.13. The van der Waals surface area contributed by atoms with Gasteiger partial charge in [-0.1, -0.05) is 79.7 Å². The predicted octanol–water partition coefficient (Wildman–Crippen LogP) is 4.22. The summed E-state index contributed by atoms with van der Waals surface area (Å²) in [6.45, 7) is 2.18. The molecule has 0 amide bonds. The molecule has 0 heterocycles. The van der Waals surface area contributed by atoms with Gasteiger partial charge >= 0.3 is 0 Å². The van der Waals surface area contributed by atoms with E-state index >= 15 is 0 Å². The maximum atomic E-state index is 5.85. The Bertz CT molecular complexity index is 619. The lowest BCUT2D eigenvalue weighted by Crippen LogP contribution is -2.05. The highest BCUT2D eigenvalue weighted by Gasteiger charge is 1.96. The molecule has 2 N–H and O–H groups in total. The molecule has 0 saturated carbocycles. The maximum Gasteiger partial charge on any atom is 0.180 e. The molecule has 0 bridgehead atoms. The van der Waals surface area contributed by atoms with Gasteiger partial charge in [0.25, 0.3) is 0 Å². The third kappa shape index (κ3) is 5.74. The summed E-state index contributed by atoms with van der Waals surface area (Å²) in [6, 6.07) is 18.5. The molecule has 0 aliphatic carbocycles. The third-order valence-corrected chi connectivity index (χ3v) is 3.97. The minimum absolute atomic E-state index is 0.475. The fourth-order valence-electron chi connectivity index (χ4n) is 1.97. The van der Waals surface area contributed by atoms with Gasteiger partial charge in [-0.3, -0.25) is 0 Å². The third-order valence-electron chi connectivity index (χ3n) is 3.11. The topological polar surface area (TPSA) is 50.7 Å². The van der Waals surface area contributed by atoms with Gasteiger partial charge < -0.3 is 5.73 Å². The molecule has 22 heavy (non-hydrogen) atoms. The Balaban J connectivity index is 1.84. The zero-order chi connectivity index (χ0) is 15.6. The van der Waals surface area contributed by atoms with Crippen molar-refractivity contribution in [3.8, 4) is 0 Å². The van der Waals surface area contributed by atoms with Crippen LogP contribution in [-0.2, 0) is 12.2 Å². The van der Waals surface area contributed by atoms with E-state index in [1.54, 1.807) is 6.21 Å². The van der Waals surface area contributed by atoms with Crippen molar-refractivity contribution in [1.82, 2.24) is 0 Å². The molecule has 0 radical (unpaired) electrons. The average molecular weight is 311 g/mol. The summed E-state index contributed by atoms with van der Waals surface area (Å²) in [5.74, 6) is 0.803. The summed E-state index contributed by atoms with van der Waals surface area (Å²) < 4.78 is 0. The summed E-state index contributed by atoms with van der Waals surface area (Å²) in [7, 11) is 0. The minimum Gasteiger partial charge on any atom is -0.377 e. The van der Waals surface area contributed by atoms with Crippen LogP contribution in [0.5, 0.6) is 0 Å². The lowest BCUT2D eigenvalue weighted by atomic mass is 10.1. The fourth-order valence-corrected chi connectivity index (χ4v) is 2.58. The number of thioether (sulfide) groups is 1. The summed E-state index contributed by atoms with van der Waals surface area (Å²) in [6.07, 6.45) is 4.00. The van der Waals surface area contributed by atoms with Crippen LogP contribution in [0.4, 0.5) is 0 Å². The first-order valence-electron chi connectivity index (χ1n) is 7.40. The van der Waals surface area contributed by atoms with Crippen LogP contribution in [0.2, 0.25) is 0 Å². The second-order valence-corrected chi connectivity index (χ2v) is 5.94. The van der Waals surface area contributed by atoms with Crippen LogP contribution in [-0.4, -0.2) is 11.4 Å². The number of hydrogen-bond donors (Lipinski definition) is 1. The summed E-state index contributed by atoms with van der Waals surface area (Å²) in [4.78, 5) is 0. The van der Waals surface area contributed by atoms with E-state index in [4.69, 9.17) is 5.73 Å². The Morgan fingerprint density at radius 1 is 1.05 bits per heavy atom. The van der Waals surface area contributed by atoms with Crippen LogP contribution in [0.15, 0.2) is 64.8 Å². The molecule has 0 unspecified atom stereocenters. The molecule has 2 rings (SSSR count). The number of amidine groups is 1. The van der Waals surface area contributed by atoms with E-state index < -0.39 is 0 Å². The maximum absolute atomic E-state index is 5.85. The number of nitrogens with two attached hydrogens (primary N) is 1. The molecule has 3 nitrogen and oxygen atoms in total. The Hall–Kier alpha value is -2.07. The zero-order valence-corrected chi connectivity index (χ0v) is 13.6. The number of aryl methyl sites for hydroxylation is 1. The number of nitrogens with zero attached hydrogens (tertiary/aromatic N) is 2. The van der Waals surface area contributed by atoms with Crippen molar-refractivity contribution >= 4 is 23.1 Å². The van der Waals surface area contributed by atoms with Gasteiger partial charge in [0, 0.05) is 5.75 Å². The fraction of sp³-hybridized carbons (Fsp3) is 0.222. The Labute approximate surface area is 136 Å². The summed E-state index contributed by atoms with van der Waals surface area (Å²) >= 11 is 1.49. The van der Waals surface area contributed by atoms with E-state index in [2.05, 4.69) is 53.5 Å². The van der Waals surface area contributed by atoms with Gasteiger partial charge in [0.15, 0.2) is 5.17 Å². The largest absolute Gasteiger partial charge is 0.377 e. The van der Waals surface area contributed by atoms with Crippen LogP contribution < -0.4 is 5.73 Å². The van der Waals surface area contributed by atoms with Gasteiger partial charge in [0.05, 0.1) is 6.21 Å². The van der Waals surface area contributed by atoms with Gasteiger partial charge in [-0.05, 0) is 23.1 Å². The van der Waals surface area contributed by atoms with Gasteiger partial charge in [-0.2, -0.15) is 5.10 Å². The molecule has 0 aromatic heterocycles. The van der Waals surface area contributed by atoms with Crippen LogP contribution in [0.3, 0.4) is 0 Å². The molecule has 0 spiro atoms. The van der Waals surface area contributed by atoms with E-state index in [1.807, 2.05) is 18.2 Å². The van der Waals surface area contributed by atoms with Crippen LogP contribution >= 0.6 is 11.8 Å². The molecule has 0 atom stereocenters. The van der Waals surface area contributed by atoms with E-state index in [-0.39, 0.29) is 0 Å². The highest BCUT2D eigenvalue weighted by atomic mass is 32.2. The Kier molecular flexibility index (Phi) is 6.71. The van der Waals surface area contributed by atoms with Crippen molar-refractivity contribution in [2.45, 2.75) is 25.5 Å². The first-order valence-corrected chi connectivity index (χ1v) is 8.38. The van der Waals surface area contributed by atoms with Crippen LogP contribution in [0.25, 0.3) is 0 Å². The van der Waals surface area contributed by atoms with Gasteiger partial charge in [-0.25, -0.2) is 0 Å². The number of benzene rings is 2. The standard InChI is InChI=1S/C18H21N3S/c1-2-6-15-9-11-16(12-10-15)13-20-21-18(19)22-14-17-7-4-3-5-8-17/h3-5,7-13H,2,6,14H2,1H3,(H2,19,21). The first kappa shape index (κ1) is 16.3. The van der Waals surface area contributed by atoms with Crippen LogP contribution in [0, 0.1) is 0 Å². The minimum atomic E-state index is 0.475. The molecule has 2 aromatic rings. The first-order chi connectivity index (χ1) is 10.8. The molecule has 114 valence electrons. The predicted molar refractivity (Wildman–Crippen MR) is 97.4 cm³/mol. The summed E-state index contributed by atoms with van der Waals surface area (Å²) in [5, 5.41) is 8.54. The molecule has 0 aliphatic rings. The number of hydrogen-bond acceptors (Lipinski definition) is 3. The zero-order valence-electron chi connectivity index (χ0n) is 12.8. The molecular formula is C18H21N3S. The molecule has 2 aromatic carbocycles. The highest BCUT2D eigenvalue weighted by Crippen LogP contribution is 2.11. The van der Waals surface area contributed by atoms with Crippen molar-refractivity contribution < 1.29 is 0 Å². The van der Waals surface area contributed by atoms with E-state index in [0.29, 0.717) is 5.17 Å². The lowest BCUT2D eigenvalue weighted by Gasteiger charge is -1.99. The van der Waals surface area contributed by atoms with E-state index in [9.17, 15) is 0 Å². The SMILES string of the molecule is CCCc1ccc(C=NN=C(N)SCc2ccccc2)cc1. The summed E-state index contributed by atoms with van der Waals surface area (Å²) in [5.41, 5.74) is 9.45. The van der Waals surface area contributed by atoms with Crippen molar-refractivity contribution in [2.24, 2.45) is 15.9 Å². The molecule has 0 fully saturated rings. The normalized spacial score (nSPS) is 12.0. The van der Waals surface area contributed by atoms with Gasteiger partial charge in [-0.15, -0.1) is 5.10 Å². The van der Waals surface area contributed by atoms with Crippen molar-refractivity contribution in [1.29, 1.82) is 0 Å². The van der Waals surface area contributed by atoms with Crippen molar-refractivity contribution in [3.63, 3.8) is 0 Å². The molecule has 0 aliphatic heterocycles. The second kappa shape index (κ2) is 9.05. The average Bonchev–Trinajstić information content (AvgIpc) is 2.56. The van der Waals surface area contributed by atoms with Crippen molar-refractivity contribution in [3.05, 3.63) is 71.3 Å². The van der Waals surface area contributed by atoms with Gasteiger partial charge in [0.2, 0.25) is 0 Å². The second-order valence-electron chi connectivity index (χ2n) is 4.95. The molecular weight excluding hydrogens is 290 g/mol. The van der Waals surface area contributed by atoms with E-state index in [1.165, 1.54) is 22.9 Å². The molecule has 0 saturated heterocycles. The Morgan fingerprint density at radius 2 is 1.77 bits per heavy atom.